The summed E-state index contributed by atoms with van der Waals surface area (Å²) in [4.78, 5) is 7.60. The SMILES string of the molecule is Fc1cccc2[nH]c(C3COc4ccccc4C3)nc12. The number of hydrogen-bond acceptors (Lipinski definition) is 2. The van der Waals surface area contributed by atoms with E-state index < -0.39 is 0 Å². The Labute approximate surface area is 115 Å². The average Bonchev–Trinajstić information content (AvgIpc) is 2.92. The van der Waals surface area contributed by atoms with E-state index in [0.29, 0.717) is 12.1 Å². The zero-order valence-corrected chi connectivity index (χ0v) is 10.8. The summed E-state index contributed by atoms with van der Waals surface area (Å²) >= 11 is 0. The molecule has 0 saturated carbocycles. The van der Waals surface area contributed by atoms with E-state index in [-0.39, 0.29) is 11.7 Å². The molecule has 2 heterocycles. The smallest absolute Gasteiger partial charge is 0.151 e. The molecule has 1 aromatic heterocycles. The first-order valence-electron chi connectivity index (χ1n) is 6.66. The molecule has 0 saturated heterocycles. The number of halogens is 1. The normalized spacial score (nSPS) is 17.8. The number of rotatable bonds is 1. The van der Waals surface area contributed by atoms with Crippen LogP contribution < -0.4 is 4.74 Å². The summed E-state index contributed by atoms with van der Waals surface area (Å²) in [6.07, 6.45) is 0.859. The van der Waals surface area contributed by atoms with Crippen LogP contribution in [0.15, 0.2) is 42.5 Å². The van der Waals surface area contributed by atoms with Crippen LogP contribution in [0.2, 0.25) is 0 Å². The Morgan fingerprint density at radius 3 is 2.95 bits per heavy atom. The summed E-state index contributed by atoms with van der Waals surface area (Å²) in [5, 5.41) is 0. The lowest BCUT2D eigenvalue weighted by molar-refractivity contribution is 0.258. The van der Waals surface area contributed by atoms with Crippen LogP contribution in [0.25, 0.3) is 11.0 Å². The van der Waals surface area contributed by atoms with Gasteiger partial charge in [0.15, 0.2) is 5.82 Å². The highest BCUT2D eigenvalue weighted by molar-refractivity contribution is 5.75. The van der Waals surface area contributed by atoms with Crippen molar-refractivity contribution in [3.8, 4) is 5.75 Å². The third-order valence-corrected chi connectivity index (χ3v) is 3.75. The summed E-state index contributed by atoms with van der Waals surface area (Å²) in [6, 6.07) is 13.0. The van der Waals surface area contributed by atoms with Crippen molar-refractivity contribution in [2.75, 3.05) is 6.61 Å². The topological polar surface area (TPSA) is 37.9 Å². The van der Waals surface area contributed by atoms with E-state index in [1.165, 1.54) is 11.6 Å². The lowest BCUT2D eigenvalue weighted by Crippen LogP contribution is -2.20. The van der Waals surface area contributed by atoms with Crippen LogP contribution in [0.5, 0.6) is 5.75 Å². The van der Waals surface area contributed by atoms with Gasteiger partial charge in [-0.2, -0.15) is 0 Å². The van der Waals surface area contributed by atoms with Gasteiger partial charge in [0, 0.05) is 0 Å². The van der Waals surface area contributed by atoms with E-state index in [2.05, 4.69) is 16.0 Å². The number of aromatic amines is 1. The maximum Gasteiger partial charge on any atom is 0.151 e. The molecule has 0 amide bonds. The number of hydrogen-bond donors (Lipinski definition) is 1. The molecule has 4 rings (SSSR count). The van der Waals surface area contributed by atoms with Gasteiger partial charge < -0.3 is 9.72 Å². The second-order valence-electron chi connectivity index (χ2n) is 5.08. The van der Waals surface area contributed by atoms with Crippen LogP contribution in [0.3, 0.4) is 0 Å². The fourth-order valence-corrected chi connectivity index (χ4v) is 2.71. The maximum absolute atomic E-state index is 13.7. The Morgan fingerprint density at radius 2 is 2.05 bits per heavy atom. The minimum Gasteiger partial charge on any atom is -0.493 e. The molecule has 0 aliphatic carbocycles. The third kappa shape index (κ3) is 1.76. The van der Waals surface area contributed by atoms with E-state index in [1.807, 2.05) is 24.3 Å². The van der Waals surface area contributed by atoms with Crippen molar-refractivity contribution in [3.05, 3.63) is 59.7 Å². The molecule has 3 aromatic rings. The molecule has 0 radical (unpaired) electrons. The molecule has 4 heteroatoms. The van der Waals surface area contributed by atoms with Crippen molar-refractivity contribution in [2.24, 2.45) is 0 Å². The first-order valence-corrected chi connectivity index (χ1v) is 6.66. The Hall–Kier alpha value is -2.36. The minimum absolute atomic E-state index is 0.136. The molecule has 2 aromatic carbocycles. The molecule has 0 fully saturated rings. The lowest BCUT2D eigenvalue weighted by atomic mass is 9.96. The van der Waals surface area contributed by atoms with Crippen molar-refractivity contribution in [1.29, 1.82) is 0 Å². The second-order valence-corrected chi connectivity index (χ2v) is 5.08. The second kappa shape index (κ2) is 4.34. The molecule has 1 N–H and O–H groups in total. The van der Waals surface area contributed by atoms with Gasteiger partial charge in [0.2, 0.25) is 0 Å². The first-order chi connectivity index (χ1) is 9.81. The molecule has 0 spiro atoms. The standard InChI is InChI=1S/C16H13FN2O/c17-12-5-3-6-13-15(12)19-16(18-13)11-8-10-4-1-2-7-14(10)20-9-11/h1-7,11H,8-9H2,(H,18,19). The van der Waals surface area contributed by atoms with Crippen LogP contribution in [0.1, 0.15) is 17.3 Å². The predicted molar refractivity (Wildman–Crippen MR) is 74.4 cm³/mol. The molecule has 1 atom stereocenters. The molecule has 0 bridgehead atoms. The molecule has 1 unspecified atom stereocenters. The Balaban J connectivity index is 1.72. The van der Waals surface area contributed by atoms with Gasteiger partial charge in [0.25, 0.3) is 0 Å². The molecule has 20 heavy (non-hydrogen) atoms. The third-order valence-electron chi connectivity index (χ3n) is 3.75. The van der Waals surface area contributed by atoms with Gasteiger partial charge in [-0.3, -0.25) is 0 Å². The molecular weight excluding hydrogens is 255 g/mol. The zero-order valence-electron chi connectivity index (χ0n) is 10.8. The zero-order chi connectivity index (χ0) is 13.5. The van der Waals surface area contributed by atoms with E-state index in [0.717, 1.165) is 23.5 Å². The van der Waals surface area contributed by atoms with Gasteiger partial charge in [-0.25, -0.2) is 9.37 Å². The van der Waals surface area contributed by atoms with E-state index in [4.69, 9.17) is 4.74 Å². The number of H-pyrrole nitrogens is 1. The summed E-state index contributed by atoms with van der Waals surface area (Å²) in [5.41, 5.74) is 2.31. The number of nitrogens with one attached hydrogen (secondary N) is 1. The lowest BCUT2D eigenvalue weighted by Gasteiger charge is -2.23. The van der Waals surface area contributed by atoms with E-state index in [1.54, 1.807) is 6.07 Å². The summed E-state index contributed by atoms with van der Waals surface area (Å²) in [5.74, 6) is 1.57. The number of benzene rings is 2. The van der Waals surface area contributed by atoms with Crippen LogP contribution >= 0.6 is 0 Å². The Kier molecular flexibility index (Phi) is 2.49. The quantitative estimate of drug-likeness (QED) is 0.734. The van der Waals surface area contributed by atoms with Gasteiger partial charge >= 0.3 is 0 Å². The largest absolute Gasteiger partial charge is 0.493 e. The van der Waals surface area contributed by atoms with E-state index >= 15 is 0 Å². The first kappa shape index (κ1) is 11.5. The van der Waals surface area contributed by atoms with Crippen molar-refractivity contribution >= 4 is 11.0 Å². The van der Waals surface area contributed by atoms with Crippen molar-refractivity contribution in [3.63, 3.8) is 0 Å². The molecule has 3 nitrogen and oxygen atoms in total. The van der Waals surface area contributed by atoms with Gasteiger partial charge in [-0.1, -0.05) is 24.3 Å². The molecule has 100 valence electrons. The van der Waals surface area contributed by atoms with Crippen molar-refractivity contribution in [2.45, 2.75) is 12.3 Å². The molecule has 1 aliphatic heterocycles. The number of para-hydroxylation sites is 2. The highest BCUT2D eigenvalue weighted by Crippen LogP contribution is 2.32. The molecule has 1 aliphatic rings. The van der Waals surface area contributed by atoms with Crippen LogP contribution in [0.4, 0.5) is 4.39 Å². The highest BCUT2D eigenvalue weighted by Gasteiger charge is 2.24. The Morgan fingerprint density at radius 1 is 1.15 bits per heavy atom. The number of fused-ring (bicyclic) bond motifs is 2. The van der Waals surface area contributed by atoms with Gasteiger partial charge in [-0.05, 0) is 30.2 Å². The summed E-state index contributed by atoms with van der Waals surface area (Å²) < 4.78 is 19.5. The number of nitrogens with zero attached hydrogens (tertiary/aromatic N) is 1. The van der Waals surface area contributed by atoms with Gasteiger partial charge in [0.05, 0.1) is 18.0 Å². The minimum atomic E-state index is -0.290. The van der Waals surface area contributed by atoms with Crippen molar-refractivity contribution in [1.82, 2.24) is 9.97 Å². The van der Waals surface area contributed by atoms with Crippen LogP contribution in [-0.2, 0) is 6.42 Å². The Bertz CT molecular complexity index is 781. The van der Waals surface area contributed by atoms with Crippen molar-refractivity contribution < 1.29 is 9.13 Å². The monoisotopic (exact) mass is 268 g/mol. The molecular formula is C16H13FN2O. The van der Waals surface area contributed by atoms with Crippen LogP contribution in [0, 0.1) is 5.82 Å². The number of ether oxygens (including phenoxy) is 1. The number of aromatic nitrogens is 2. The van der Waals surface area contributed by atoms with E-state index in [9.17, 15) is 4.39 Å². The van der Waals surface area contributed by atoms with Crippen LogP contribution in [-0.4, -0.2) is 16.6 Å². The average molecular weight is 268 g/mol. The summed E-state index contributed by atoms with van der Waals surface area (Å²) in [6.45, 7) is 0.568. The fourth-order valence-electron chi connectivity index (χ4n) is 2.71. The maximum atomic E-state index is 13.7. The summed E-state index contributed by atoms with van der Waals surface area (Å²) in [7, 11) is 0. The predicted octanol–water partition coefficient (Wildman–Crippen LogP) is 3.42. The van der Waals surface area contributed by atoms with Gasteiger partial charge in [-0.15, -0.1) is 0 Å². The fraction of sp³-hybridized carbons (Fsp3) is 0.188. The number of imidazole rings is 1. The van der Waals surface area contributed by atoms with Gasteiger partial charge in [0.1, 0.15) is 17.1 Å². The highest BCUT2D eigenvalue weighted by atomic mass is 19.1.